The van der Waals surface area contributed by atoms with Gasteiger partial charge in [-0.2, -0.15) is 8.42 Å². The lowest BCUT2D eigenvalue weighted by Crippen LogP contribution is -2.07. The zero-order valence-electron chi connectivity index (χ0n) is 10.8. The van der Waals surface area contributed by atoms with Gasteiger partial charge in [0, 0.05) is 11.5 Å². The fraction of sp³-hybridized carbons (Fsp3) is 0.500. The molecule has 0 spiro atoms. The molecular weight excluding hydrogens is 266 g/mol. The largest absolute Gasteiger partial charge is 0.296 e. The summed E-state index contributed by atoms with van der Waals surface area (Å²) in [6.45, 7) is 2.47. The van der Waals surface area contributed by atoms with Crippen molar-refractivity contribution in [3.05, 3.63) is 40.3 Å². The predicted molar refractivity (Wildman–Crippen MR) is 72.2 cm³/mol. The molecule has 104 valence electrons. The van der Waals surface area contributed by atoms with Crippen molar-refractivity contribution in [2.45, 2.75) is 31.1 Å². The van der Waals surface area contributed by atoms with Crippen LogP contribution >= 0.6 is 0 Å². The summed E-state index contributed by atoms with van der Waals surface area (Å²) in [5.41, 5.74) is 9.07. The molecule has 0 saturated carbocycles. The molecule has 0 aromatic heterocycles. The summed E-state index contributed by atoms with van der Waals surface area (Å²) in [6.07, 6.45) is 2.12. The van der Waals surface area contributed by atoms with Crippen LogP contribution in [0.1, 0.15) is 24.8 Å². The fourth-order valence-corrected chi connectivity index (χ4v) is 2.39. The third-order valence-corrected chi connectivity index (χ3v) is 3.84. The van der Waals surface area contributed by atoms with Crippen LogP contribution in [-0.2, 0) is 14.3 Å². The van der Waals surface area contributed by atoms with E-state index >= 15 is 0 Å². The number of rotatable bonds is 8. The second-order valence-electron chi connectivity index (χ2n) is 4.10. The van der Waals surface area contributed by atoms with Crippen LogP contribution in [0.25, 0.3) is 10.4 Å². The van der Waals surface area contributed by atoms with E-state index < -0.39 is 10.1 Å². The summed E-state index contributed by atoms with van der Waals surface area (Å²) < 4.78 is 28.5. The van der Waals surface area contributed by atoms with Crippen LogP contribution < -0.4 is 0 Å². The average Bonchev–Trinajstić information content (AvgIpc) is 2.38. The molecule has 0 aliphatic carbocycles. The molecule has 0 saturated heterocycles. The molecule has 0 aliphatic heterocycles. The van der Waals surface area contributed by atoms with Crippen molar-refractivity contribution in [2.24, 2.45) is 5.11 Å². The van der Waals surface area contributed by atoms with Gasteiger partial charge in [-0.25, -0.2) is 0 Å². The van der Waals surface area contributed by atoms with Crippen LogP contribution in [0.5, 0.6) is 0 Å². The third-order valence-electron chi connectivity index (χ3n) is 2.51. The van der Waals surface area contributed by atoms with Gasteiger partial charge in [0.25, 0.3) is 10.1 Å². The Hall–Kier alpha value is -1.56. The highest BCUT2D eigenvalue weighted by atomic mass is 32.2. The molecule has 0 radical (unpaired) electrons. The average molecular weight is 283 g/mol. The van der Waals surface area contributed by atoms with E-state index in [1.54, 1.807) is 12.1 Å². The Balaban J connectivity index is 2.35. The van der Waals surface area contributed by atoms with Gasteiger partial charge in [-0.15, -0.1) is 0 Å². The van der Waals surface area contributed by atoms with Gasteiger partial charge in [0.1, 0.15) is 0 Å². The minimum absolute atomic E-state index is 0.145. The highest BCUT2D eigenvalue weighted by Crippen LogP contribution is 2.13. The summed E-state index contributed by atoms with van der Waals surface area (Å²) in [5.74, 6) is 0. The molecule has 7 heteroatoms. The standard InChI is InChI=1S/C12H17N3O3S/c1-11-5-7-12(8-6-11)19(16,17)18-10-4-2-3-9-14-15-13/h5-8H,2-4,9-10H2,1H3. The Kier molecular flexibility index (Phi) is 6.35. The molecule has 0 fully saturated rings. The molecular formula is C12H17N3O3S. The van der Waals surface area contributed by atoms with Crippen molar-refractivity contribution in [1.82, 2.24) is 0 Å². The molecule has 0 aliphatic rings. The van der Waals surface area contributed by atoms with Gasteiger partial charge in [0.2, 0.25) is 0 Å². The van der Waals surface area contributed by atoms with Gasteiger partial charge < -0.3 is 0 Å². The molecule has 0 unspecified atom stereocenters. The molecule has 1 rings (SSSR count). The molecule has 1 aromatic rings. The summed E-state index contributed by atoms with van der Waals surface area (Å²) in [6, 6.07) is 6.53. The number of hydrogen-bond donors (Lipinski definition) is 0. The fourth-order valence-electron chi connectivity index (χ4n) is 1.45. The minimum Gasteiger partial charge on any atom is -0.266 e. The molecule has 1 aromatic carbocycles. The Bertz CT molecular complexity index is 534. The topological polar surface area (TPSA) is 92.1 Å². The van der Waals surface area contributed by atoms with Gasteiger partial charge in [0.15, 0.2) is 0 Å². The lowest BCUT2D eigenvalue weighted by Gasteiger charge is -2.05. The van der Waals surface area contributed by atoms with Crippen LogP contribution in [0.3, 0.4) is 0 Å². The Morgan fingerprint density at radius 2 is 1.89 bits per heavy atom. The van der Waals surface area contributed by atoms with Crippen LogP contribution in [0.2, 0.25) is 0 Å². The first-order valence-corrected chi connectivity index (χ1v) is 7.44. The van der Waals surface area contributed by atoms with E-state index in [9.17, 15) is 8.42 Å². The first kappa shape index (κ1) is 15.5. The zero-order valence-corrected chi connectivity index (χ0v) is 11.6. The minimum atomic E-state index is -3.66. The lowest BCUT2D eigenvalue weighted by atomic mass is 10.2. The van der Waals surface area contributed by atoms with E-state index in [0.717, 1.165) is 18.4 Å². The van der Waals surface area contributed by atoms with E-state index in [-0.39, 0.29) is 11.5 Å². The van der Waals surface area contributed by atoms with Crippen molar-refractivity contribution in [1.29, 1.82) is 0 Å². The van der Waals surface area contributed by atoms with Crippen molar-refractivity contribution >= 4 is 10.1 Å². The van der Waals surface area contributed by atoms with Gasteiger partial charge >= 0.3 is 0 Å². The highest BCUT2D eigenvalue weighted by Gasteiger charge is 2.13. The number of benzene rings is 1. The smallest absolute Gasteiger partial charge is 0.266 e. The molecule has 0 atom stereocenters. The maximum absolute atomic E-state index is 11.8. The Morgan fingerprint density at radius 3 is 2.53 bits per heavy atom. The van der Waals surface area contributed by atoms with Crippen LogP contribution in [0, 0.1) is 6.92 Å². The molecule has 0 heterocycles. The summed E-state index contributed by atoms with van der Waals surface area (Å²) in [5, 5.41) is 3.40. The van der Waals surface area contributed by atoms with E-state index in [4.69, 9.17) is 9.71 Å². The monoisotopic (exact) mass is 283 g/mol. The van der Waals surface area contributed by atoms with Crippen molar-refractivity contribution in [2.75, 3.05) is 13.2 Å². The molecule has 0 bridgehead atoms. The second kappa shape index (κ2) is 7.78. The van der Waals surface area contributed by atoms with Gasteiger partial charge in [-0.1, -0.05) is 29.2 Å². The lowest BCUT2D eigenvalue weighted by molar-refractivity contribution is 0.307. The number of aryl methyl sites for hydroxylation is 1. The van der Waals surface area contributed by atoms with Crippen molar-refractivity contribution in [3.8, 4) is 0 Å². The SMILES string of the molecule is Cc1ccc(S(=O)(=O)OCCCCCN=[N+]=[N-])cc1. The first-order chi connectivity index (χ1) is 9.06. The van der Waals surface area contributed by atoms with Crippen LogP contribution in [0.15, 0.2) is 34.3 Å². The van der Waals surface area contributed by atoms with E-state index in [2.05, 4.69) is 10.0 Å². The summed E-state index contributed by atoms with van der Waals surface area (Å²) in [4.78, 5) is 2.81. The zero-order chi connectivity index (χ0) is 14.1. The van der Waals surface area contributed by atoms with Crippen molar-refractivity contribution in [3.63, 3.8) is 0 Å². The van der Waals surface area contributed by atoms with E-state index in [1.807, 2.05) is 6.92 Å². The van der Waals surface area contributed by atoms with Gasteiger partial charge in [-0.3, -0.25) is 4.18 Å². The number of azide groups is 1. The Labute approximate surface area is 113 Å². The highest BCUT2D eigenvalue weighted by molar-refractivity contribution is 7.86. The maximum atomic E-state index is 11.8. The number of hydrogen-bond acceptors (Lipinski definition) is 4. The molecule has 0 N–H and O–H groups in total. The molecule has 19 heavy (non-hydrogen) atoms. The summed E-state index contributed by atoms with van der Waals surface area (Å²) >= 11 is 0. The number of unbranched alkanes of at least 4 members (excludes halogenated alkanes) is 2. The van der Waals surface area contributed by atoms with Gasteiger partial charge in [-0.05, 0) is 37.4 Å². The normalized spacial score (nSPS) is 11.0. The summed E-state index contributed by atoms with van der Waals surface area (Å²) in [7, 11) is -3.66. The molecule has 6 nitrogen and oxygen atoms in total. The van der Waals surface area contributed by atoms with Crippen LogP contribution in [0.4, 0.5) is 0 Å². The van der Waals surface area contributed by atoms with Gasteiger partial charge in [0.05, 0.1) is 11.5 Å². The molecule has 0 amide bonds. The number of nitrogens with zero attached hydrogens (tertiary/aromatic N) is 3. The van der Waals surface area contributed by atoms with Crippen molar-refractivity contribution < 1.29 is 12.6 Å². The predicted octanol–water partition coefficient (Wildman–Crippen LogP) is 3.18. The maximum Gasteiger partial charge on any atom is 0.296 e. The first-order valence-electron chi connectivity index (χ1n) is 6.03. The van der Waals surface area contributed by atoms with E-state index in [1.165, 1.54) is 12.1 Å². The Morgan fingerprint density at radius 1 is 1.21 bits per heavy atom. The van der Waals surface area contributed by atoms with Crippen LogP contribution in [-0.4, -0.2) is 21.6 Å². The third kappa shape index (κ3) is 5.74. The quantitative estimate of drug-likeness (QED) is 0.241. The van der Waals surface area contributed by atoms with E-state index in [0.29, 0.717) is 13.0 Å². The second-order valence-corrected chi connectivity index (χ2v) is 5.72.